The molecule has 0 aliphatic carbocycles. The number of fused-ring (bicyclic) bond motifs is 1. The fourth-order valence-electron chi connectivity index (χ4n) is 2.02. The fourth-order valence-corrected chi connectivity index (χ4v) is 2.02. The fraction of sp³-hybridized carbons (Fsp3) is 0.462. The van der Waals surface area contributed by atoms with Gasteiger partial charge in [-0.25, -0.2) is 0 Å². The number of nitrogens with one attached hydrogen (secondary N) is 1. The molecule has 3 nitrogen and oxygen atoms in total. The second-order valence-corrected chi connectivity index (χ2v) is 3.92. The van der Waals surface area contributed by atoms with E-state index < -0.39 is 0 Å². The van der Waals surface area contributed by atoms with E-state index in [2.05, 4.69) is 35.7 Å². The lowest BCUT2D eigenvalue weighted by atomic mass is 9.97. The van der Waals surface area contributed by atoms with Gasteiger partial charge in [-0.2, -0.15) is 5.26 Å². The first-order valence-electron chi connectivity index (χ1n) is 5.69. The van der Waals surface area contributed by atoms with E-state index in [-0.39, 0.29) is 6.10 Å². The average Bonchev–Trinajstić information content (AvgIpc) is 2.35. The first-order valence-corrected chi connectivity index (χ1v) is 5.69. The van der Waals surface area contributed by atoms with E-state index in [0.29, 0.717) is 6.42 Å². The van der Waals surface area contributed by atoms with Crippen LogP contribution in [0.5, 0.6) is 0 Å². The van der Waals surface area contributed by atoms with Crippen LogP contribution in [0.3, 0.4) is 0 Å². The quantitative estimate of drug-likeness (QED) is 0.781. The number of hydrogen-bond donors (Lipinski definition) is 1. The van der Waals surface area contributed by atoms with Crippen LogP contribution in [-0.2, 0) is 11.2 Å². The summed E-state index contributed by atoms with van der Waals surface area (Å²) in [7, 11) is 0. The van der Waals surface area contributed by atoms with Gasteiger partial charge in [-0.3, -0.25) is 0 Å². The molecule has 0 saturated carbocycles. The van der Waals surface area contributed by atoms with E-state index >= 15 is 0 Å². The van der Waals surface area contributed by atoms with Gasteiger partial charge >= 0.3 is 0 Å². The Balaban J connectivity index is 1.94. The molecule has 0 aromatic heterocycles. The van der Waals surface area contributed by atoms with Crippen LogP contribution in [0.2, 0.25) is 0 Å². The van der Waals surface area contributed by atoms with Gasteiger partial charge in [-0.15, -0.1) is 0 Å². The molecule has 0 amide bonds. The lowest BCUT2D eigenvalue weighted by molar-refractivity contribution is 0.0428. The van der Waals surface area contributed by atoms with Crippen molar-refractivity contribution in [3.63, 3.8) is 0 Å². The minimum Gasteiger partial charge on any atom is -0.372 e. The van der Waals surface area contributed by atoms with E-state index in [9.17, 15) is 0 Å². The molecule has 1 aliphatic rings. The topological polar surface area (TPSA) is 45.0 Å². The SMILES string of the molecule is N#CCCNCC1OCCc2ccccc21. The molecule has 0 spiro atoms. The van der Waals surface area contributed by atoms with Gasteiger partial charge in [0.1, 0.15) is 0 Å². The highest BCUT2D eigenvalue weighted by atomic mass is 16.5. The number of rotatable bonds is 4. The van der Waals surface area contributed by atoms with Crippen LogP contribution in [0.15, 0.2) is 24.3 Å². The van der Waals surface area contributed by atoms with E-state index in [4.69, 9.17) is 10.00 Å². The molecule has 0 saturated heterocycles. The van der Waals surface area contributed by atoms with Crippen molar-refractivity contribution in [2.45, 2.75) is 18.9 Å². The molecular weight excluding hydrogens is 200 g/mol. The van der Waals surface area contributed by atoms with Crippen molar-refractivity contribution in [2.24, 2.45) is 0 Å². The Morgan fingerprint density at radius 3 is 3.19 bits per heavy atom. The summed E-state index contributed by atoms with van der Waals surface area (Å²) in [6.45, 7) is 2.32. The highest BCUT2D eigenvalue weighted by Crippen LogP contribution is 2.25. The monoisotopic (exact) mass is 216 g/mol. The predicted molar refractivity (Wildman–Crippen MR) is 61.9 cm³/mol. The average molecular weight is 216 g/mol. The molecule has 0 bridgehead atoms. The summed E-state index contributed by atoms with van der Waals surface area (Å²) in [6, 6.07) is 10.5. The number of benzene rings is 1. The summed E-state index contributed by atoms with van der Waals surface area (Å²) in [5.74, 6) is 0. The molecule has 84 valence electrons. The lowest BCUT2D eigenvalue weighted by Crippen LogP contribution is -2.28. The van der Waals surface area contributed by atoms with Crippen molar-refractivity contribution in [1.29, 1.82) is 5.26 Å². The van der Waals surface area contributed by atoms with Gasteiger partial charge in [0.25, 0.3) is 0 Å². The van der Waals surface area contributed by atoms with Crippen molar-refractivity contribution in [2.75, 3.05) is 19.7 Å². The van der Waals surface area contributed by atoms with Crippen LogP contribution in [0.4, 0.5) is 0 Å². The number of nitriles is 1. The minimum absolute atomic E-state index is 0.142. The predicted octanol–water partition coefficient (Wildman–Crippen LogP) is 1.80. The Labute approximate surface area is 96.0 Å². The smallest absolute Gasteiger partial charge is 0.0952 e. The molecule has 2 rings (SSSR count). The van der Waals surface area contributed by atoms with Gasteiger partial charge in [0.15, 0.2) is 0 Å². The lowest BCUT2D eigenvalue weighted by Gasteiger charge is -2.26. The summed E-state index contributed by atoms with van der Waals surface area (Å²) in [5.41, 5.74) is 2.68. The zero-order valence-corrected chi connectivity index (χ0v) is 9.28. The molecule has 1 atom stereocenters. The molecule has 0 fully saturated rings. The highest BCUT2D eigenvalue weighted by molar-refractivity contribution is 5.31. The van der Waals surface area contributed by atoms with E-state index in [1.165, 1.54) is 11.1 Å². The van der Waals surface area contributed by atoms with Crippen molar-refractivity contribution in [1.82, 2.24) is 5.32 Å². The van der Waals surface area contributed by atoms with E-state index in [1.807, 2.05) is 0 Å². The normalized spacial score (nSPS) is 18.8. The van der Waals surface area contributed by atoms with E-state index in [1.54, 1.807) is 0 Å². The second-order valence-electron chi connectivity index (χ2n) is 3.92. The summed E-state index contributed by atoms with van der Waals surface area (Å²) in [6.07, 6.45) is 1.70. The van der Waals surface area contributed by atoms with Gasteiger partial charge in [0.05, 0.1) is 18.8 Å². The Kier molecular flexibility index (Phi) is 3.92. The van der Waals surface area contributed by atoms with Crippen molar-refractivity contribution >= 4 is 0 Å². The third kappa shape index (κ3) is 2.60. The molecule has 1 heterocycles. The van der Waals surface area contributed by atoms with Crippen molar-refractivity contribution in [3.05, 3.63) is 35.4 Å². The first kappa shape index (κ1) is 11.1. The number of hydrogen-bond acceptors (Lipinski definition) is 3. The third-order valence-electron chi connectivity index (χ3n) is 2.84. The van der Waals surface area contributed by atoms with Crippen LogP contribution in [0.1, 0.15) is 23.7 Å². The molecule has 3 heteroatoms. The standard InChI is InChI=1S/C13H16N2O/c14-7-3-8-15-10-13-12-5-2-1-4-11(12)6-9-16-13/h1-2,4-5,13,15H,3,6,8-10H2. The summed E-state index contributed by atoms with van der Waals surface area (Å²) >= 11 is 0. The summed E-state index contributed by atoms with van der Waals surface area (Å²) < 4.78 is 5.74. The number of ether oxygens (including phenoxy) is 1. The molecule has 1 aromatic rings. The van der Waals surface area contributed by atoms with Crippen LogP contribution in [-0.4, -0.2) is 19.7 Å². The Hall–Kier alpha value is -1.37. The molecule has 1 N–H and O–H groups in total. The first-order chi connectivity index (χ1) is 7.92. The maximum atomic E-state index is 8.44. The third-order valence-corrected chi connectivity index (χ3v) is 2.84. The van der Waals surface area contributed by atoms with Crippen molar-refractivity contribution in [3.8, 4) is 6.07 Å². The minimum atomic E-state index is 0.142. The Morgan fingerprint density at radius 1 is 1.44 bits per heavy atom. The van der Waals surface area contributed by atoms with E-state index in [0.717, 1.165) is 26.1 Å². The zero-order chi connectivity index (χ0) is 11.2. The van der Waals surface area contributed by atoms with Crippen LogP contribution < -0.4 is 5.32 Å². The van der Waals surface area contributed by atoms with Crippen LogP contribution in [0.25, 0.3) is 0 Å². The van der Waals surface area contributed by atoms with Gasteiger partial charge in [0, 0.05) is 19.5 Å². The summed E-state index contributed by atoms with van der Waals surface area (Å²) in [5, 5.41) is 11.7. The summed E-state index contributed by atoms with van der Waals surface area (Å²) in [4.78, 5) is 0. The van der Waals surface area contributed by atoms with Gasteiger partial charge in [-0.1, -0.05) is 24.3 Å². The highest BCUT2D eigenvalue weighted by Gasteiger charge is 2.19. The molecule has 16 heavy (non-hydrogen) atoms. The maximum absolute atomic E-state index is 8.44. The largest absolute Gasteiger partial charge is 0.372 e. The number of nitrogens with zero attached hydrogens (tertiary/aromatic N) is 1. The Morgan fingerprint density at radius 2 is 2.31 bits per heavy atom. The molecule has 1 unspecified atom stereocenters. The van der Waals surface area contributed by atoms with Gasteiger partial charge in [0.2, 0.25) is 0 Å². The van der Waals surface area contributed by atoms with Crippen molar-refractivity contribution < 1.29 is 4.74 Å². The molecular formula is C13H16N2O. The second kappa shape index (κ2) is 5.64. The maximum Gasteiger partial charge on any atom is 0.0952 e. The van der Waals surface area contributed by atoms with Gasteiger partial charge in [-0.05, 0) is 17.5 Å². The molecule has 0 radical (unpaired) electrons. The van der Waals surface area contributed by atoms with Crippen LogP contribution in [0, 0.1) is 11.3 Å². The van der Waals surface area contributed by atoms with Gasteiger partial charge < -0.3 is 10.1 Å². The molecule has 1 aromatic carbocycles. The molecule has 1 aliphatic heterocycles. The Bertz CT molecular complexity index is 384. The zero-order valence-electron chi connectivity index (χ0n) is 9.28. The van der Waals surface area contributed by atoms with Crippen LogP contribution >= 0.6 is 0 Å².